The minimum absolute atomic E-state index is 0.103. The van der Waals surface area contributed by atoms with Crippen LogP contribution in [0.3, 0.4) is 0 Å². The van der Waals surface area contributed by atoms with E-state index in [4.69, 9.17) is 21.1 Å². The lowest BCUT2D eigenvalue weighted by Crippen LogP contribution is -2.29. The van der Waals surface area contributed by atoms with Crippen LogP contribution in [0.15, 0.2) is 23.1 Å². The van der Waals surface area contributed by atoms with Crippen molar-refractivity contribution in [2.75, 3.05) is 32.6 Å². The predicted molar refractivity (Wildman–Crippen MR) is 79.2 cm³/mol. The van der Waals surface area contributed by atoms with E-state index in [1.807, 2.05) is 11.9 Å². The summed E-state index contributed by atoms with van der Waals surface area (Å²) in [4.78, 5) is 2.43. The number of ether oxygens (including phenoxy) is 2. The molecular weight excluding hydrogens is 314 g/mol. The lowest BCUT2D eigenvalue weighted by atomic mass is 10.1. The Labute approximate surface area is 129 Å². The van der Waals surface area contributed by atoms with E-state index in [-0.39, 0.29) is 18.1 Å². The molecule has 116 valence electrons. The summed E-state index contributed by atoms with van der Waals surface area (Å²) >= 11 is 6.01. The fraction of sp³-hybridized carbons (Fsp3) is 0.571. The minimum Gasteiger partial charge on any atom is -0.350 e. The van der Waals surface area contributed by atoms with E-state index in [0.29, 0.717) is 29.7 Å². The van der Waals surface area contributed by atoms with Gasteiger partial charge >= 0.3 is 0 Å². The smallest absolute Gasteiger partial charge is 0.180 e. The van der Waals surface area contributed by atoms with Gasteiger partial charge in [0.05, 0.1) is 29.9 Å². The van der Waals surface area contributed by atoms with Crippen molar-refractivity contribution in [2.45, 2.75) is 23.6 Å². The number of halogens is 1. The van der Waals surface area contributed by atoms with Crippen molar-refractivity contribution in [3.05, 3.63) is 28.8 Å². The summed E-state index contributed by atoms with van der Waals surface area (Å²) in [6, 6.07) is 4.82. The van der Waals surface area contributed by atoms with Crippen LogP contribution in [0, 0.1) is 0 Å². The molecule has 0 unspecified atom stereocenters. The van der Waals surface area contributed by atoms with Crippen molar-refractivity contribution >= 4 is 21.4 Å². The van der Waals surface area contributed by atoms with E-state index in [9.17, 15) is 8.42 Å². The molecule has 0 aliphatic carbocycles. The normalized spacial score (nSPS) is 24.6. The Bertz CT molecular complexity index is 628. The van der Waals surface area contributed by atoms with Crippen LogP contribution in [0.5, 0.6) is 0 Å². The summed E-state index contributed by atoms with van der Waals surface area (Å²) in [6.45, 7) is 1.96. The molecule has 0 radical (unpaired) electrons. The van der Waals surface area contributed by atoms with Gasteiger partial charge in [0.1, 0.15) is 0 Å². The molecule has 2 aliphatic rings. The molecule has 7 heteroatoms. The van der Waals surface area contributed by atoms with Gasteiger partial charge < -0.3 is 9.47 Å². The third-order valence-corrected chi connectivity index (χ3v) is 6.02. The molecule has 2 heterocycles. The maximum atomic E-state index is 12.2. The summed E-state index contributed by atoms with van der Waals surface area (Å²) in [5.41, 5.74) is 0.790. The van der Waals surface area contributed by atoms with Gasteiger partial charge in [0.25, 0.3) is 0 Å². The van der Waals surface area contributed by atoms with Crippen LogP contribution in [0.1, 0.15) is 18.0 Å². The molecule has 1 aromatic rings. The molecule has 0 amide bonds. The van der Waals surface area contributed by atoms with Crippen molar-refractivity contribution in [1.82, 2.24) is 4.90 Å². The van der Waals surface area contributed by atoms with E-state index in [1.54, 1.807) is 18.2 Å². The van der Waals surface area contributed by atoms with Crippen LogP contribution in [-0.2, 0) is 19.3 Å². The average molecular weight is 332 g/mol. The molecule has 0 aromatic heterocycles. The monoisotopic (exact) mass is 331 g/mol. The largest absolute Gasteiger partial charge is 0.350 e. The first kappa shape index (κ1) is 15.2. The zero-order valence-electron chi connectivity index (χ0n) is 11.8. The number of sulfone groups is 1. The molecule has 21 heavy (non-hydrogen) atoms. The molecule has 1 saturated heterocycles. The summed E-state index contributed by atoms with van der Waals surface area (Å²) < 4.78 is 35.3. The molecule has 1 fully saturated rings. The Morgan fingerprint density at radius 2 is 2.05 bits per heavy atom. The van der Waals surface area contributed by atoms with Crippen LogP contribution in [0.25, 0.3) is 0 Å². The van der Waals surface area contributed by atoms with Crippen molar-refractivity contribution < 1.29 is 17.9 Å². The van der Waals surface area contributed by atoms with E-state index in [2.05, 4.69) is 0 Å². The van der Waals surface area contributed by atoms with E-state index >= 15 is 0 Å². The van der Waals surface area contributed by atoms with Gasteiger partial charge in [0.15, 0.2) is 16.1 Å². The molecule has 0 saturated carbocycles. The Balaban J connectivity index is 1.75. The van der Waals surface area contributed by atoms with Crippen LogP contribution in [0.2, 0.25) is 5.02 Å². The first-order chi connectivity index (χ1) is 9.97. The van der Waals surface area contributed by atoms with Gasteiger partial charge in [-0.3, -0.25) is 4.90 Å². The molecule has 5 nitrogen and oxygen atoms in total. The van der Waals surface area contributed by atoms with E-state index < -0.39 is 9.84 Å². The lowest BCUT2D eigenvalue weighted by molar-refractivity contribution is -0.0518. The van der Waals surface area contributed by atoms with Gasteiger partial charge in [-0.15, -0.1) is 0 Å². The third kappa shape index (κ3) is 3.10. The Morgan fingerprint density at radius 1 is 1.33 bits per heavy atom. The molecule has 0 N–H and O–H groups in total. The fourth-order valence-corrected chi connectivity index (χ4v) is 4.89. The first-order valence-corrected chi connectivity index (χ1v) is 8.96. The van der Waals surface area contributed by atoms with Gasteiger partial charge in [-0.2, -0.15) is 0 Å². The average Bonchev–Trinajstić information content (AvgIpc) is 3.02. The van der Waals surface area contributed by atoms with Crippen LogP contribution in [0.4, 0.5) is 0 Å². The van der Waals surface area contributed by atoms with Crippen molar-refractivity contribution in [3.63, 3.8) is 0 Å². The Kier molecular flexibility index (Phi) is 4.25. The van der Waals surface area contributed by atoms with Gasteiger partial charge in [-0.05, 0) is 30.8 Å². The molecule has 2 aliphatic heterocycles. The Hall–Kier alpha value is -0.660. The SMILES string of the molecule is CN(CCC1OCCO1)[C@@H]1CS(=O)(=O)c2ccc(Cl)cc21. The first-order valence-electron chi connectivity index (χ1n) is 6.93. The van der Waals surface area contributed by atoms with E-state index in [1.165, 1.54) is 0 Å². The second kappa shape index (κ2) is 5.85. The summed E-state index contributed by atoms with van der Waals surface area (Å²) in [7, 11) is -1.29. The van der Waals surface area contributed by atoms with Crippen molar-refractivity contribution in [2.24, 2.45) is 0 Å². The number of hydrogen-bond donors (Lipinski definition) is 0. The maximum Gasteiger partial charge on any atom is 0.180 e. The highest BCUT2D eigenvalue weighted by molar-refractivity contribution is 7.91. The van der Waals surface area contributed by atoms with Gasteiger partial charge in [0.2, 0.25) is 0 Å². The second-order valence-electron chi connectivity index (χ2n) is 5.42. The number of fused-ring (bicyclic) bond motifs is 1. The topological polar surface area (TPSA) is 55.8 Å². The summed E-state index contributed by atoms with van der Waals surface area (Å²) in [5.74, 6) is 0.103. The van der Waals surface area contributed by atoms with Crippen molar-refractivity contribution in [1.29, 1.82) is 0 Å². The lowest BCUT2D eigenvalue weighted by Gasteiger charge is -2.25. The molecule has 1 atom stereocenters. The molecule has 3 rings (SSSR count). The highest BCUT2D eigenvalue weighted by atomic mass is 35.5. The third-order valence-electron chi connectivity index (χ3n) is 3.98. The van der Waals surface area contributed by atoms with Gasteiger partial charge in [-0.1, -0.05) is 11.6 Å². The number of nitrogens with zero attached hydrogens (tertiary/aromatic N) is 1. The van der Waals surface area contributed by atoms with Gasteiger partial charge in [0, 0.05) is 18.0 Å². The van der Waals surface area contributed by atoms with Gasteiger partial charge in [-0.25, -0.2) is 8.42 Å². The Morgan fingerprint density at radius 3 is 2.76 bits per heavy atom. The molecule has 0 bridgehead atoms. The van der Waals surface area contributed by atoms with Crippen LogP contribution in [-0.4, -0.2) is 52.2 Å². The van der Waals surface area contributed by atoms with Crippen LogP contribution >= 0.6 is 11.6 Å². The second-order valence-corrected chi connectivity index (χ2v) is 7.86. The highest BCUT2D eigenvalue weighted by Gasteiger charge is 2.37. The fourth-order valence-electron chi connectivity index (χ4n) is 2.85. The molecule has 1 aromatic carbocycles. The number of hydrogen-bond acceptors (Lipinski definition) is 5. The molecular formula is C14H18ClNO4S. The summed E-state index contributed by atoms with van der Waals surface area (Å²) in [5, 5.41) is 0.562. The predicted octanol–water partition coefficient (Wildman–Crippen LogP) is 1.86. The maximum absolute atomic E-state index is 12.2. The quantitative estimate of drug-likeness (QED) is 0.843. The van der Waals surface area contributed by atoms with E-state index in [0.717, 1.165) is 12.0 Å². The van der Waals surface area contributed by atoms with Crippen molar-refractivity contribution in [3.8, 4) is 0 Å². The minimum atomic E-state index is -3.22. The van der Waals surface area contributed by atoms with Crippen LogP contribution < -0.4 is 0 Å². The highest BCUT2D eigenvalue weighted by Crippen LogP contribution is 2.38. The zero-order valence-corrected chi connectivity index (χ0v) is 13.4. The zero-order chi connectivity index (χ0) is 15.0. The molecule has 0 spiro atoms. The summed E-state index contributed by atoms with van der Waals surface area (Å²) in [6.07, 6.45) is 0.549. The number of benzene rings is 1. The standard InChI is InChI=1S/C14H18ClNO4S/c1-16(5-4-14-19-6-7-20-14)12-9-21(17,18)13-3-2-10(15)8-11(12)13/h2-3,8,12,14H,4-7,9H2,1H3/t12-/m1/s1. The number of rotatable bonds is 4.